The van der Waals surface area contributed by atoms with Crippen molar-refractivity contribution in [3.05, 3.63) is 30.0 Å². The zero-order chi connectivity index (χ0) is 11.5. The van der Waals surface area contributed by atoms with E-state index in [1.165, 1.54) is 11.1 Å². The molecular formula is C13H18N2O. The Morgan fingerprint density at radius 1 is 1.31 bits per heavy atom. The Balaban J connectivity index is 2.53. The molecule has 1 heterocycles. The number of ether oxygens (including phenoxy) is 1. The summed E-state index contributed by atoms with van der Waals surface area (Å²) in [6.45, 7) is 6.44. The van der Waals surface area contributed by atoms with Crippen LogP contribution in [0.3, 0.4) is 0 Å². The molecule has 2 N–H and O–H groups in total. The van der Waals surface area contributed by atoms with E-state index < -0.39 is 0 Å². The van der Waals surface area contributed by atoms with Crippen LogP contribution in [0.15, 0.2) is 24.3 Å². The van der Waals surface area contributed by atoms with Crippen molar-refractivity contribution < 1.29 is 4.74 Å². The van der Waals surface area contributed by atoms with Crippen LogP contribution in [0.1, 0.15) is 19.5 Å². The van der Waals surface area contributed by atoms with Gasteiger partial charge in [0, 0.05) is 24.2 Å². The highest BCUT2D eigenvalue weighted by Crippen LogP contribution is 2.25. The Morgan fingerprint density at radius 3 is 2.81 bits per heavy atom. The van der Waals surface area contributed by atoms with Crippen LogP contribution in [0.2, 0.25) is 0 Å². The van der Waals surface area contributed by atoms with Crippen LogP contribution in [0.4, 0.5) is 5.69 Å². The molecule has 0 bridgehead atoms. The SMILES string of the molecule is CCOCc1cc2cccc(N)c2n1CC. The second-order valence-corrected chi connectivity index (χ2v) is 3.80. The number of aromatic nitrogens is 1. The fraction of sp³-hybridized carbons (Fsp3) is 0.385. The lowest BCUT2D eigenvalue weighted by Gasteiger charge is -2.08. The van der Waals surface area contributed by atoms with E-state index in [1.54, 1.807) is 0 Å². The molecule has 16 heavy (non-hydrogen) atoms. The van der Waals surface area contributed by atoms with Crippen molar-refractivity contribution in [2.75, 3.05) is 12.3 Å². The summed E-state index contributed by atoms with van der Waals surface area (Å²) in [7, 11) is 0. The van der Waals surface area contributed by atoms with E-state index >= 15 is 0 Å². The average Bonchev–Trinajstić information content (AvgIpc) is 2.65. The molecule has 0 spiro atoms. The molecule has 2 aromatic rings. The second kappa shape index (κ2) is 4.58. The van der Waals surface area contributed by atoms with E-state index in [0.717, 1.165) is 24.4 Å². The summed E-state index contributed by atoms with van der Waals surface area (Å²) in [5.41, 5.74) is 9.16. The molecule has 2 rings (SSSR count). The maximum absolute atomic E-state index is 6.01. The Kier molecular flexibility index (Phi) is 3.15. The van der Waals surface area contributed by atoms with Crippen molar-refractivity contribution >= 4 is 16.6 Å². The van der Waals surface area contributed by atoms with Crippen LogP contribution >= 0.6 is 0 Å². The molecule has 86 valence electrons. The summed E-state index contributed by atoms with van der Waals surface area (Å²) < 4.78 is 7.69. The quantitative estimate of drug-likeness (QED) is 0.801. The number of rotatable bonds is 4. The summed E-state index contributed by atoms with van der Waals surface area (Å²) in [5, 5.41) is 1.19. The van der Waals surface area contributed by atoms with E-state index in [9.17, 15) is 0 Å². The lowest BCUT2D eigenvalue weighted by atomic mass is 10.2. The fourth-order valence-corrected chi connectivity index (χ4v) is 2.10. The highest BCUT2D eigenvalue weighted by molar-refractivity contribution is 5.91. The van der Waals surface area contributed by atoms with Gasteiger partial charge in [-0.25, -0.2) is 0 Å². The third-order valence-electron chi connectivity index (χ3n) is 2.81. The number of aryl methyl sites for hydroxylation is 1. The van der Waals surface area contributed by atoms with Gasteiger partial charge >= 0.3 is 0 Å². The van der Waals surface area contributed by atoms with E-state index in [-0.39, 0.29) is 0 Å². The van der Waals surface area contributed by atoms with Crippen LogP contribution in [-0.4, -0.2) is 11.2 Å². The van der Waals surface area contributed by atoms with Gasteiger partial charge in [-0.15, -0.1) is 0 Å². The van der Waals surface area contributed by atoms with Gasteiger partial charge in [0.25, 0.3) is 0 Å². The topological polar surface area (TPSA) is 40.2 Å². The van der Waals surface area contributed by atoms with Crippen LogP contribution in [-0.2, 0) is 17.9 Å². The first-order chi connectivity index (χ1) is 7.77. The lowest BCUT2D eigenvalue weighted by molar-refractivity contribution is 0.129. The molecule has 0 unspecified atom stereocenters. The monoisotopic (exact) mass is 218 g/mol. The number of nitrogen functional groups attached to an aromatic ring is 1. The molecule has 0 radical (unpaired) electrons. The van der Waals surface area contributed by atoms with Gasteiger partial charge in [-0.1, -0.05) is 12.1 Å². The molecular weight excluding hydrogens is 200 g/mol. The Morgan fingerprint density at radius 2 is 2.12 bits per heavy atom. The van der Waals surface area contributed by atoms with Crippen LogP contribution in [0, 0.1) is 0 Å². The van der Waals surface area contributed by atoms with Gasteiger partial charge in [0.05, 0.1) is 17.8 Å². The second-order valence-electron chi connectivity index (χ2n) is 3.80. The number of anilines is 1. The molecule has 0 saturated heterocycles. The third kappa shape index (κ3) is 1.78. The van der Waals surface area contributed by atoms with Gasteiger partial charge < -0.3 is 15.0 Å². The first-order valence-corrected chi connectivity index (χ1v) is 5.72. The van der Waals surface area contributed by atoms with E-state index in [2.05, 4.69) is 23.6 Å². The minimum atomic E-state index is 0.651. The normalized spacial score (nSPS) is 11.1. The predicted molar refractivity (Wildman–Crippen MR) is 67.4 cm³/mol. The van der Waals surface area contributed by atoms with E-state index in [4.69, 9.17) is 10.5 Å². The Hall–Kier alpha value is -1.48. The number of nitrogens with zero attached hydrogens (tertiary/aromatic N) is 1. The van der Waals surface area contributed by atoms with E-state index in [0.29, 0.717) is 6.61 Å². The van der Waals surface area contributed by atoms with Gasteiger partial charge in [-0.3, -0.25) is 0 Å². The van der Waals surface area contributed by atoms with Gasteiger partial charge in [-0.05, 0) is 26.0 Å². The average molecular weight is 218 g/mol. The van der Waals surface area contributed by atoms with Gasteiger partial charge in [-0.2, -0.15) is 0 Å². The third-order valence-corrected chi connectivity index (χ3v) is 2.81. The number of hydrogen-bond acceptors (Lipinski definition) is 2. The lowest BCUT2D eigenvalue weighted by Crippen LogP contribution is -2.03. The van der Waals surface area contributed by atoms with Gasteiger partial charge in [0.2, 0.25) is 0 Å². The molecule has 0 aliphatic rings. The summed E-state index contributed by atoms with van der Waals surface area (Å²) in [5.74, 6) is 0. The zero-order valence-corrected chi connectivity index (χ0v) is 9.86. The maximum Gasteiger partial charge on any atom is 0.0868 e. The minimum absolute atomic E-state index is 0.651. The molecule has 0 fully saturated rings. The molecule has 0 saturated carbocycles. The highest BCUT2D eigenvalue weighted by Gasteiger charge is 2.09. The number of hydrogen-bond donors (Lipinski definition) is 1. The molecule has 0 amide bonds. The van der Waals surface area contributed by atoms with Crippen molar-refractivity contribution in [2.45, 2.75) is 27.0 Å². The standard InChI is InChI=1S/C13H18N2O/c1-3-15-11(9-16-4-2)8-10-6-5-7-12(14)13(10)15/h5-8H,3-4,9,14H2,1-2H3. The van der Waals surface area contributed by atoms with Crippen molar-refractivity contribution in [1.82, 2.24) is 4.57 Å². The molecule has 0 aliphatic heterocycles. The van der Waals surface area contributed by atoms with Gasteiger partial charge in [0.1, 0.15) is 0 Å². The number of fused-ring (bicyclic) bond motifs is 1. The Labute approximate surface area is 95.8 Å². The summed E-state index contributed by atoms with van der Waals surface area (Å²) in [6, 6.07) is 8.18. The highest BCUT2D eigenvalue weighted by atomic mass is 16.5. The maximum atomic E-state index is 6.01. The summed E-state index contributed by atoms with van der Waals surface area (Å²) >= 11 is 0. The molecule has 1 aromatic carbocycles. The summed E-state index contributed by atoms with van der Waals surface area (Å²) in [4.78, 5) is 0. The first-order valence-electron chi connectivity index (χ1n) is 5.72. The van der Waals surface area contributed by atoms with Crippen molar-refractivity contribution in [3.8, 4) is 0 Å². The van der Waals surface area contributed by atoms with Crippen molar-refractivity contribution in [3.63, 3.8) is 0 Å². The van der Waals surface area contributed by atoms with Crippen molar-refractivity contribution in [1.29, 1.82) is 0 Å². The minimum Gasteiger partial charge on any atom is -0.397 e. The fourth-order valence-electron chi connectivity index (χ4n) is 2.10. The number of para-hydroxylation sites is 1. The number of nitrogens with two attached hydrogens (primary N) is 1. The van der Waals surface area contributed by atoms with Gasteiger partial charge in [0.15, 0.2) is 0 Å². The van der Waals surface area contributed by atoms with Crippen molar-refractivity contribution in [2.24, 2.45) is 0 Å². The molecule has 0 aliphatic carbocycles. The van der Waals surface area contributed by atoms with E-state index in [1.807, 2.05) is 19.1 Å². The van der Waals surface area contributed by atoms with Crippen LogP contribution in [0.5, 0.6) is 0 Å². The first kappa shape index (κ1) is 11.0. The zero-order valence-electron chi connectivity index (χ0n) is 9.86. The molecule has 3 nitrogen and oxygen atoms in total. The number of benzene rings is 1. The molecule has 1 aromatic heterocycles. The van der Waals surface area contributed by atoms with Crippen LogP contribution in [0.25, 0.3) is 10.9 Å². The molecule has 0 atom stereocenters. The smallest absolute Gasteiger partial charge is 0.0868 e. The van der Waals surface area contributed by atoms with Crippen LogP contribution < -0.4 is 5.73 Å². The molecule has 3 heteroatoms. The predicted octanol–water partition coefficient (Wildman–Crippen LogP) is 2.78. The summed E-state index contributed by atoms with van der Waals surface area (Å²) in [6.07, 6.45) is 0. The largest absolute Gasteiger partial charge is 0.397 e. The Bertz CT molecular complexity index is 488.